The van der Waals surface area contributed by atoms with Crippen molar-refractivity contribution in [3.63, 3.8) is 0 Å². The second kappa shape index (κ2) is 3.80. The largest absolute Gasteiger partial charge is 0.333 e. The summed E-state index contributed by atoms with van der Waals surface area (Å²) in [4.78, 5) is 9.06. The van der Waals surface area contributed by atoms with Gasteiger partial charge in [-0.3, -0.25) is 5.10 Å². The molecule has 0 saturated carbocycles. The maximum Gasteiger partial charge on any atom is 0.268 e. The number of nitrogens with one attached hydrogen (secondary N) is 1. The molecule has 0 bridgehead atoms. The topological polar surface area (TPSA) is 80.5 Å². The Labute approximate surface area is 102 Å². The number of halogens is 1. The van der Waals surface area contributed by atoms with Gasteiger partial charge in [0, 0.05) is 0 Å². The summed E-state index contributed by atoms with van der Waals surface area (Å²) in [5.41, 5.74) is 0. The van der Waals surface area contributed by atoms with Crippen molar-refractivity contribution in [2.75, 3.05) is 0 Å². The predicted molar refractivity (Wildman–Crippen MR) is 60.7 cm³/mol. The highest BCUT2D eigenvalue weighted by atomic mass is 79.9. The van der Waals surface area contributed by atoms with Gasteiger partial charge in [0.15, 0.2) is 5.82 Å². The van der Waals surface area contributed by atoms with E-state index in [0.717, 1.165) is 8.66 Å². The summed E-state index contributed by atoms with van der Waals surface area (Å²) in [6.45, 7) is 0. The summed E-state index contributed by atoms with van der Waals surface area (Å²) < 4.78 is 6.14. The minimum absolute atomic E-state index is 0.400. The maximum absolute atomic E-state index is 5.13. The summed E-state index contributed by atoms with van der Waals surface area (Å²) in [5, 5.41) is 10.2. The van der Waals surface area contributed by atoms with Gasteiger partial charge in [0.05, 0.1) is 8.66 Å². The fourth-order valence-corrected chi connectivity index (χ4v) is 2.47. The zero-order chi connectivity index (χ0) is 11.0. The molecule has 16 heavy (non-hydrogen) atoms. The van der Waals surface area contributed by atoms with E-state index in [-0.39, 0.29) is 0 Å². The predicted octanol–water partition coefficient (Wildman–Crippen LogP) is 2.35. The molecule has 0 aromatic carbocycles. The van der Waals surface area contributed by atoms with E-state index in [0.29, 0.717) is 17.5 Å². The molecule has 8 heteroatoms. The fraction of sp³-hybridized carbons (Fsp3) is 0. The first-order valence-electron chi connectivity index (χ1n) is 4.28. The highest BCUT2D eigenvalue weighted by Crippen LogP contribution is 2.30. The van der Waals surface area contributed by atoms with Gasteiger partial charge < -0.3 is 4.52 Å². The first kappa shape index (κ1) is 9.67. The van der Waals surface area contributed by atoms with Gasteiger partial charge in [-0.15, -0.1) is 11.3 Å². The highest BCUT2D eigenvalue weighted by molar-refractivity contribution is 9.11. The normalized spacial score (nSPS) is 10.8. The molecule has 3 rings (SSSR count). The molecule has 3 heterocycles. The number of hydrogen-bond donors (Lipinski definition) is 1. The number of nitrogens with zero attached hydrogens (tertiary/aromatic N) is 4. The van der Waals surface area contributed by atoms with Crippen LogP contribution in [0.15, 0.2) is 26.8 Å². The molecular weight excluding hydrogens is 294 g/mol. The van der Waals surface area contributed by atoms with Gasteiger partial charge in [-0.2, -0.15) is 10.1 Å². The smallest absolute Gasteiger partial charge is 0.268 e. The lowest BCUT2D eigenvalue weighted by molar-refractivity contribution is 0.433. The number of aromatic nitrogens is 5. The lowest BCUT2D eigenvalue weighted by atomic mass is 10.5. The van der Waals surface area contributed by atoms with Crippen LogP contribution in [-0.2, 0) is 0 Å². The molecule has 0 atom stereocenters. The molecule has 0 unspecified atom stereocenters. The third-order valence-corrected chi connectivity index (χ3v) is 3.45. The van der Waals surface area contributed by atoms with Crippen molar-refractivity contribution in [1.29, 1.82) is 0 Å². The Morgan fingerprint density at radius 2 is 2.31 bits per heavy atom. The Morgan fingerprint density at radius 3 is 3.00 bits per heavy atom. The van der Waals surface area contributed by atoms with E-state index >= 15 is 0 Å². The van der Waals surface area contributed by atoms with Crippen LogP contribution in [-0.4, -0.2) is 25.3 Å². The maximum atomic E-state index is 5.13. The molecule has 0 aliphatic heterocycles. The van der Waals surface area contributed by atoms with Gasteiger partial charge in [-0.05, 0) is 28.1 Å². The average Bonchev–Trinajstić information content (AvgIpc) is 2.97. The first-order valence-corrected chi connectivity index (χ1v) is 5.89. The summed E-state index contributed by atoms with van der Waals surface area (Å²) >= 11 is 4.90. The first-order chi connectivity index (χ1) is 7.83. The Bertz CT molecular complexity index is 602. The second-order valence-electron chi connectivity index (χ2n) is 2.86. The van der Waals surface area contributed by atoms with E-state index in [1.165, 1.54) is 17.7 Å². The molecule has 0 spiro atoms. The average molecular weight is 298 g/mol. The molecule has 0 radical (unpaired) electrons. The third kappa shape index (κ3) is 1.65. The van der Waals surface area contributed by atoms with Crippen LogP contribution < -0.4 is 0 Å². The van der Waals surface area contributed by atoms with Crippen molar-refractivity contribution < 1.29 is 4.52 Å². The van der Waals surface area contributed by atoms with Crippen molar-refractivity contribution in [3.8, 4) is 22.4 Å². The monoisotopic (exact) mass is 297 g/mol. The standard InChI is InChI=1S/C8H4BrN5OS/c9-5-2-1-4(16-5)8-12-7(14-15-8)6-10-3-11-13-6/h1-3H,(H,10,11,13). The fourth-order valence-electron chi connectivity index (χ4n) is 1.16. The Balaban J connectivity index is 2.00. The second-order valence-corrected chi connectivity index (χ2v) is 5.32. The summed E-state index contributed by atoms with van der Waals surface area (Å²) in [6.07, 6.45) is 1.40. The van der Waals surface area contributed by atoms with Crippen LogP contribution in [0, 0.1) is 0 Å². The molecule has 0 fully saturated rings. The Morgan fingerprint density at radius 1 is 1.38 bits per heavy atom. The molecule has 0 amide bonds. The van der Waals surface area contributed by atoms with Gasteiger partial charge in [0.2, 0.25) is 5.82 Å². The van der Waals surface area contributed by atoms with E-state index in [1.807, 2.05) is 12.1 Å². The zero-order valence-electron chi connectivity index (χ0n) is 7.72. The molecule has 0 aliphatic carbocycles. The lowest BCUT2D eigenvalue weighted by Gasteiger charge is -1.83. The van der Waals surface area contributed by atoms with E-state index in [4.69, 9.17) is 4.52 Å². The van der Waals surface area contributed by atoms with Gasteiger partial charge in [-0.25, -0.2) is 4.98 Å². The van der Waals surface area contributed by atoms with Crippen molar-refractivity contribution in [2.45, 2.75) is 0 Å². The van der Waals surface area contributed by atoms with E-state index in [1.54, 1.807) is 0 Å². The molecule has 80 valence electrons. The van der Waals surface area contributed by atoms with E-state index in [2.05, 4.69) is 41.3 Å². The quantitative estimate of drug-likeness (QED) is 0.785. The molecule has 0 saturated heterocycles. The van der Waals surface area contributed by atoms with E-state index in [9.17, 15) is 0 Å². The number of thiophene rings is 1. The summed E-state index contributed by atoms with van der Waals surface area (Å²) in [7, 11) is 0. The highest BCUT2D eigenvalue weighted by Gasteiger charge is 2.13. The van der Waals surface area contributed by atoms with Crippen LogP contribution in [0.5, 0.6) is 0 Å². The van der Waals surface area contributed by atoms with Crippen LogP contribution in [0.3, 0.4) is 0 Å². The molecule has 3 aromatic rings. The van der Waals surface area contributed by atoms with Crippen molar-refractivity contribution in [1.82, 2.24) is 25.3 Å². The number of rotatable bonds is 2. The van der Waals surface area contributed by atoms with Gasteiger partial charge in [-0.1, -0.05) is 5.16 Å². The van der Waals surface area contributed by atoms with Crippen molar-refractivity contribution >= 4 is 27.3 Å². The number of aromatic amines is 1. The van der Waals surface area contributed by atoms with Crippen molar-refractivity contribution in [3.05, 3.63) is 22.2 Å². The molecule has 6 nitrogen and oxygen atoms in total. The van der Waals surface area contributed by atoms with Crippen LogP contribution >= 0.6 is 27.3 Å². The lowest BCUT2D eigenvalue weighted by Crippen LogP contribution is -1.82. The minimum atomic E-state index is 0.400. The van der Waals surface area contributed by atoms with Crippen molar-refractivity contribution in [2.24, 2.45) is 0 Å². The molecule has 0 aliphatic rings. The van der Waals surface area contributed by atoms with E-state index < -0.39 is 0 Å². The van der Waals surface area contributed by atoms with Gasteiger partial charge in [0.1, 0.15) is 6.33 Å². The molecule has 3 aromatic heterocycles. The van der Waals surface area contributed by atoms with Gasteiger partial charge >= 0.3 is 0 Å². The Kier molecular flexibility index (Phi) is 2.29. The van der Waals surface area contributed by atoms with Crippen LogP contribution in [0.4, 0.5) is 0 Å². The SMILES string of the molecule is Brc1ccc(-c2nc(-c3ncn[nH]3)no2)s1. The van der Waals surface area contributed by atoms with Crippen LogP contribution in [0.25, 0.3) is 22.4 Å². The number of hydrogen-bond acceptors (Lipinski definition) is 6. The van der Waals surface area contributed by atoms with Gasteiger partial charge in [0.25, 0.3) is 5.89 Å². The molecule has 1 N–H and O–H groups in total. The minimum Gasteiger partial charge on any atom is -0.333 e. The zero-order valence-corrected chi connectivity index (χ0v) is 10.1. The third-order valence-electron chi connectivity index (χ3n) is 1.84. The molecular formula is C8H4BrN5OS. The summed E-state index contributed by atoms with van der Waals surface area (Å²) in [5.74, 6) is 1.37. The van der Waals surface area contributed by atoms with Crippen LogP contribution in [0.2, 0.25) is 0 Å². The number of H-pyrrole nitrogens is 1. The Hall–Kier alpha value is -1.54. The summed E-state index contributed by atoms with van der Waals surface area (Å²) in [6, 6.07) is 3.84. The van der Waals surface area contributed by atoms with Crippen LogP contribution in [0.1, 0.15) is 0 Å².